The van der Waals surface area contributed by atoms with Crippen molar-refractivity contribution in [3.63, 3.8) is 0 Å². The first-order valence-electron chi connectivity index (χ1n) is 10.6. The summed E-state index contributed by atoms with van der Waals surface area (Å²) in [5.74, 6) is -3.83. The fourth-order valence-corrected chi connectivity index (χ4v) is 3.58. The van der Waals surface area contributed by atoms with Crippen LogP contribution in [0.3, 0.4) is 0 Å². The molecule has 0 atom stereocenters. The van der Waals surface area contributed by atoms with Crippen LogP contribution in [-0.4, -0.2) is 45.4 Å². The maximum atomic E-state index is 13.3. The highest BCUT2D eigenvalue weighted by Crippen LogP contribution is 2.31. The summed E-state index contributed by atoms with van der Waals surface area (Å²) in [6.45, 7) is 0. The number of ether oxygens (including phenoxy) is 2. The molecule has 0 spiro atoms. The van der Waals surface area contributed by atoms with Crippen molar-refractivity contribution in [2.45, 2.75) is 31.8 Å². The largest absolute Gasteiger partial charge is 0.494 e. The highest BCUT2D eigenvalue weighted by atomic mass is 19.2. The van der Waals surface area contributed by atoms with E-state index in [9.17, 15) is 18.4 Å². The van der Waals surface area contributed by atoms with Gasteiger partial charge in [-0.2, -0.15) is 0 Å². The maximum absolute atomic E-state index is 13.3. The summed E-state index contributed by atoms with van der Waals surface area (Å²) in [5.41, 5.74) is 0.366. The summed E-state index contributed by atoms with van der Waals surface area (Å²) < 4.78 is 42.8. The van der Waals surface area contributed by atoms with Crippen molar-refractivity contribution in [1.82, 2.24) is 15.2 Å². The molecular formula is C22H21F2N5O6. The topological polar surface area (TPSA) is 149 Å². The monoisotopic (exact) mass is 489 g/mol. The number of carbonyl (C=O) groups is 2. The molecule has 2 heterocycles. The standard InChI is InChI=1S/C22H21F2N5O6/c1-33-17-9-18(34-13-5-2-11(3-6-13)21(31)32)25-10-16(17)27-19(30)20-28-29-22(35-20)26-12-4-7-14(23)15(24)8-12/h4,7-11,13H,2-3,5-6H2,1H3,(H,26,29)(H,27,30)(H,31,32)/t11-,13-. The van der Waals surface area contributed by atoms with Crippen molar-refractivity contribution in [1.29, 1.82) is 0 Å². The molecule has 3 aromatic rings. The van der Waals surface area contributed by atoms with Crippen LogP contribution in [-0.2, 0) is 4.79 Å². The second-order valence-electron chi connectivity index (χ2n) is 7.77. The number of nitrogens with zero attached hydrogens (tertiary/aromatic N) is 3. The lowest BCUT2D eigenvalue weighted by Crippen LogP contribution is -2.28. The molecule has 1 fully saturated rings. The number of carboxylic acid groups (broad SMARTS) is 1. The predicted octanol–water partition coefficient (Wildman–Crippen LogP) is 3.77. The molecule has 1 aliphatic rings. The summed E-state index contributed by atoms with van der Waals surface area (Å²) in [6.07, 6.45) is 3.42. The van der Waals surface area contributed by atoms with Gasteiger partial charge in [0.25, 0.3) is 0 Å². The summed E-state index contributed by atoms with van der Waals surface area (Å²) in [5, 5.41) is 21.5. The molecule has 0 aliphatic heterocycles. The molecule has 35 heavy (non-hydrogen) atoms. The summed E-state index contributed by atoms with van der Waals surface area (Å²) in [7, 11) is 1.41. The Morgan fingerprint density at radius 3 is 2.57 bits per heavy atom. The first kappa shape index (κ1) is 23.9. The molecule has 1 saturated carbocycles. The van der Waals surface area contributed by atoms with E-state index in [0.717, 1.165) is 12.1 Å². The van der Waals surface area contributed by atoms with Crippen molar-refractivity contribution < 1.29 is 37.4 Å². The average Bonchev–Trinajstić information content (AvgIpc) is 3.31. The first-order chi connectivity index (χ1) is 16.8. The van der Waals surface area contributed by atoms with Gasteiger partial charge in [0.15, 0.2) is 11.6 Å². The van der Waals surface area contributed by atoms with Crippen molar-refractivity contribution in [3.05, 3.63) is 48.0 Å². The van der Waals surface area contributed by atoms with Crippen LogP contribution in [0.25, 0.3) is 0 Å². The van der Waals surface area contributed by atoms with Crippen LogP contribution in [0.2, 0.25) is 0 Å². The van der Waals surface area contributed by atoms with Gasteiger partial charge in [0.1, 0.15) is 17.5 Å². The Hall–Kier alpha value is -4.29. The Labute approximate surface area is 197 Å². The van der Waals surface area contributed by atoms with E-state index in [1.165, 1.54) is 25.4 Å². The van der Waals surface area contributed by atoms with Gasteiger partial charge in [-0.05, 0) is 37.8 Å². The van der Waals surface area contributed by atoms with Crippen molar-refractivity contribution in [3.8, 4) is 11.6 Å². The summed E-state index contributed by atoms with van der Waals surface area (Å²) in [4.78, 5) is 27.8. The number of pyridine rings is 1. The van der Waals surface area contributed by atoms with Gasteiger partial charge >= 0.3 is 23.8 Å². The first-order valence-corrected chi connectivity index (χ1v) is 10.6. The molecule has 1 aliphatic carbocycles. The SMILES string of the molecule is COc1cc(O[C@H]2CC[C@H](C(=O)O)CC2)ncc1NC(=O)c1nnc(Nc2ccc(F)c(F)c2)o1. The Kier molecular flexibility index (Phi) is 7.03. The van der Waals surface area contributed by atoms with Crippen LogP contribution in [0, 0.1) is 17.6 Å². The molecule has 4 rings (SSSR count). The quantitative estimate of drug-likeness (QED) is 0.427. The number of aliphatic carboxylic acids is 1. The molecule has 3 N–H and O–H groups in total. The van der Waals surface area contributed by atoms with Crippen molar-refractivity contribution in [2.24, 2.45) is 5.92 Å². The number of nitrogens with one attached hydrogen (secondary N) is 2. The van der Waals surface area contributed by atoms with Gasteiger partial charge in [-0.15, -0.1) is 5.10 Å². The normalized spacial score (nSPS) is 17.5. The average molecular weight is 489 g/mol. The number of aromatic nitrogens is 3. The molecule has 1 amide bonds. The van der Waals surface area contributed by atoms with Crippen LogP contribution < -0.4 is 20.1 Å². The number of rotatable bonds is 8. The third-order valence-electron chi connectivity index (χ3n) is 5.41. The van der Waals surface area contributed by atoms with Crippen LogP contribution in [0.15, 0.2) is 34.9 Å². The molecule has 11 nitrogen and oxygen atoms in total. The van der Waals surface area contributed by atoms with Gasteiger partial charge in [-0.3, -0.25) is 9.59 Å². The number of amides is 1. The predicted molar refractivity (Wildman–Crippen MR) is 117 cm³/mol. The van der Waals surface area contributed by atoms with Crippen LogP contribution in [0.4, 0.5) is 26.2 Å². The van der Waals surface area contributed by atoms with Gasteiger partial charge in [-0.25, -0.2) is 13.8 Å². The number of methoxy groups -OCH3 is 1. The van der Waals surface area contributed by atoms with Crippen LogP contribution in [0.1, 0.15) is 36.4 Å². The molecule has 184 valence electrons. The van der Waals surface area contributed by atoms with E-state index in [4.69, 9.17) is 19.0 Å². The highest BCUT2D eigenvalue weighted by molar-refractivity contribution is 6.01. The zero-order valence-corrected chi connectivity index (χ0v) is 18.5. The van der Waals surface area contributed by atoms with E-state index in [0.29, 0.717) is 25.7 Å². The summed E-state index contributed by atoms with van der Waals surface area (Å²) >= 11 is 0. The number of benzene rings is 1. The smallest absolute Gasteiger partial charge is 0.320 e. The molecule has 2 aromatic heterocycles. The maximum Gasteiger partial charge on any atom is 0.320 e. The van der Waals surface area contributed by atoms with Gasteiger partial charge in [0, 0.05) is 17.8 Å². The van der Waals surface area contributed by atoms with E-state index in [2.05, 4.69) is 25.8 Å². The molecular weight excluding hydrogens is 468 g/mol. The minimum atomic E-state index is -1.06. The number of hydrogen-bond donors (Lipinski definition) is 3. The lowest BCUT2D eigenvalue weighted by atomic mass is 9.87. The third kappa shape index (κ3) is 5.80. The molecule has 1 aromatic carbocycles. The van der Waals surface area contributed by atoms with Crippen molar-refractivity contribution in [2.75, 3.05) is 17.7 Å². The fraction of sp³-hybridized carbons (Fsp3) is 0.318. The van der Waals surface area contributed by atoms with E-state index in [1.54, 1.807) is 0 Å². The third-order valence-corrected chi connectivity index (χ3v) is 5.41. The molecule has 0 saturated heterocycles. The van der Waals surface area contributed by atoms with Gasteiger partial charge < -0.3 is 29.6 Å². The fourth-order valence-electron chi connectivity index (χ4n) is 3.58. The summed E-state index contributed by atoms with van der Waals surface area (Å²) in [6, 6.07) is 4.39. The Bertz CT molecular complexity index is 1230. The molecule has 0 unspecified atom stereocenters. The molecule has 0 bridgehead atoms. The highest BCUT2D eigenvalue weighted by Gasteiger charge is 2.27. The van der Waals surface area contributed by atoms with E-state index in [1.807, 2.05) is 0 Å². The van der Waals surface area contributed by atoms with E-state index >= 15 is 0 Å². The van der Waals surface area contributed by atoms with E-state index in [-0.39, 0.29) is 41.0 Å². The van der Waals surface area contributed by atoms with Gasteiger partial charge in [-0.1, -0.05) is 5.10 Å². The number of carbonyl (C=O) groups excluding carboxylic acids is 1. The lowest BCUT2D eigenvalue weighted by molar-refractivity contribution is -0.143. The zero-order chi connectivity index (χ0) is 24.9. The molecule has 13 heteroatoms. The zero-order valence-electron chi connectivity index (χ0n) is 18.5. The Morgan fingerprint density at radius 2 is 1.89 bits per heavy atom. The number of carboxylic acids is 1. The number of halogens is 2. The second-order valence-corrected chi connectivity index (χ2v) is 7.77. The van der Waals surface area contributed by atoms with Gasteiger partial charge in [0.05, 0.1) is 19.2 Å². The lowest BCUT2D eigenvalue weighted by Gasteiger charge is -2.26. The number of hydrogen-bond acceptors (Lipinski definition) is 9. The van der Waals surface area contributed by atoms with Crippen molar-refractivity contribution >= 4 is 29.3 Å². The minimum Gasteiger partial charge on any atom is -0.494 e. The second kappa shape index (κ2) is 10.3. The Morgan fingerprint density at radius 1 is 1.11 bits per heavy atom. The van der Waals surface area contributed by atoms with Crippen LogP contribution >= 0.6 is 0 Å². The number of anilines is 3. The molecule has 0 radical (unpaired) electrons. The van der Waals surface area contributed by atoms with Gasteiger partial charge in [0.2, 0.25) is 5.88 Å². The minimum absolute atomic E-state index is 0.150. The van der Waals surface area contributed by atoms with Crippen LogP contribution in [0.5, 0.6) is 11.6 Å². The van der Waals surface area contributed by atoms with E-state index < -0.39 is 29.4 Å². The Balaban J connectivity index is 1.37.